The number of aliphatic hydroxyl groups is 1. The number of carbonyl (C=O) groups is 1. The molecule has 21 heavy (non-hydrogen) atoms. The van der Waals surface area contributed by atoms with E-state index in [1.54, 1.807) is 29.6 Å². The highest BCUT2D eigenvalue weighted by molar-refractivity contribution is 7.12. The molecular weight excluding hydrogens is 329 g/mol. The third-order valence-corrected chi connectivity index (χ3v) is 4.16. The molecular formula is C15H11Cl2NO2S. The molecule has 0 unspecified atom stereocenters. The van der Waals surface area contributed by atoms with Gasteiger partial charge in [-0.1, -0.05) is 35.0 Å². The second-order valence-electron chi connectivity index (χ2n) is 4.02. The molecule has 2 N–H and O–H groups in total. The van der Waals surface area contributed by atoms with Crippen LogP contribution in [-0.2, 0) is 0 Å². The van der Waals surface area contributed by atoms with E-state index in [2.05, 4.69) is 17.2 Å². The van der Waals surface area contributed by atoms with Gasteiger partial charge < -0.3 is 10.4 Å². The van der Waals surface area contributed by atoms with Crippen LogP contribution in [0.3, 0.4) is 0 Å². The largest absolute Gasteiger partial charge is 0.395 e. The van der Waals surface area contributed by atoms with E-state index in [-0.39, 0.29) is 12.5 Å². The Morgan fingerprint density at radius 2 is 2.10 bits per heavy atom. The van der Waals surface area contributed by atoms with Crippen LogP contribution in [0.25, 0.3) is 0 Å². The molecule has 0 atom stereocenters. The van der Waals surface area contributed by atoms with Crippen LogP contribution in [-0.4, -0.2) is 17.6 Å². The molecule has 0 aliphatic rings. The number of amides is 1. The third kappa shape index (κ3) is 4.23. The number of benzene rings is 1. The molecule has 1 aromatic carbocycles. The van der Waals surface area contributed by atoms with E-state index in [1.807, 2.05) is 0 Å². The SMILES string of the molecule is O=C(Nc1ccc(Cl)c(Cl)c1)c1sccc1C#CCCO. The first-order valence-corrected chi connectivity index (χ1v) is 7.69. The number of carbonyl (C=O) groups excluding carboxylic acids is 1. The maximum atomic E-state index is 12.2. The summed E-state index contributed by atoms with van der Waals surface area (Å²) < 4.78 is 0. The predicted octanol–water partition coefficient (Wildman–Crippen LogP) is 4.04. The van der Waals surface area contributed by atoms with Crippen LogP contribution < -0.4 is 5.32 Å². The number of rotatable bonds is 3. The van der Waals surface area contributed by atoms with E-state index in [0.29, 0.717) is 32.6 Å². The number of hydrogen-bond acceptors (Lipinski definition) is 3. The molecule has 0 aliphatic carbocycles. The fourth-order valence-electron chi connectivity index (χ4n) is 1.56. The predicted molar refractivity (Wildman–Crippen MR) is 87.3 cm³/mol. The van der Waals surface area contributed by atoms with Crippen molar-refractivity contribution < 1.29 is 9.90 Å². The highest BCUT2D eigenvalue weighted by atomic mass is 35.5. The average molecular weight is 340 g/mol. The zero-order valence-corrected chi connectivity index (χ0v) is 13.1. The van der Waals surface area contributed by atoms with Crippen molar-refractivity contribution in [3.8, 4) is 11.8 Å². The van der Waals surface area contributed by atoms with Crippen molar-refractivity contribution in [2.24, 2.45) is 0 Å². The fourth-order valence-corrected chi connectivity index (χ4v) is 2.60. The highest BCUT2D eigenvalue weighted by Gasteiger charge is 2.12. The second-order valence-corrected chi connectivity index (χ2v) is 5.75. The molecule has 0 saturated heterocycles. The van der Waals surface area contributed by atoms with Gasteiger partial charge in [0.2, 0.25) is 0 Å². The Kier molecular flexibility index (Phi) is 5.66. The Balaban J connectivity index is 2.16. The lowest BCUT2D eigenvalue weighted by Gasteiger charge is -2.05. The summed E-state index contributed by atoms with van der Waals surface area (Å²) in [4.78, 5) is 12.8. The molecule has 108 valence electrons. The number of hydrogen-bond donors (Lipinski definition) is 2. The van der Waals surface area contributed by atoms with Gasteiger partial charge in [0.25, 0.3) is 5.91 Å². The summed E-state index contributed by atoms with van der Waals surface area (Å²) in [5, 5.41) is 14.1. The second kappa shape index (κ2) is 7.48. The topological polar surface area (TPSA) is 49.3 Å². The summed E-state index contributed by atoms with van der Waals surface area (Å²) in [5.41, 5.74) is 1.21. The van der Waals surface area contributed by atoms with Gasteiger partial charge in [0.05, 0.1) is 16.7 Å². The van der Waals surface area contributed by atoms with E-state index in [9.17, 15) is 4.79 Å². The number of thiophene rings is 1. The average Bonchev–Trinajstić information content (AvgIpc) is 2.92. The van der Waals surface area contributed by atoms with Crippen molar-refractivity contribution in [3.63, 3.8) is 0 Å². The normalized spacial score (nSPS) is 9.86. The van der Waals surface area contributed by atoms with E-state index in [0.717, 1.165) is 0 Å². The van der Waals surface area contributed by atoms with Crippen LogP contribution >= 0.6 is 34.5 Å². The summed E-state index contributed by atoms with van der Waals surface area (Å²) >= 11 is 13.0. The molecule has 0 spiro atoms. The Morgan fingerprint density at radius 3 is 2.81 bits per heavy atom. The molecule has 0 radical (unpaired) electrons. The van der Waals surface area contributed by atoms with Gasteiger partial charge in [-0.05, 0) is 29.6 Å². The number of aliphatic hydroxyl groups excluding tert-OH is 1. The Morgan fingerprint density at radius 1 is 1.29 bits per heavy atom. The molecule has 0 bridgehead atoms. The van der Waals surface area contributed by atoms with E-state index >= 15 is 0 Å². The molecule has 0 saturated carbocycles. The van der Waals surface area contributed by atoms with Gasteiger partial charge in [0.1, 0.15) is 4.88 Å². The van der Waals surface area contributed by atoms with Gasteiger partial charge in [-0.3, -0.25) is 4.79 Å². The zero-order chi connectivity index (χ0) is 15.2. The van der Waals surface area contributed by atoms with Gasteiger partial charge in [0.15, 0.2) is 0 Å². The fraction of sp³-hybridized carbons (Fsp3) is 0.133. The molecule has 1 aromatic heterocycles. The van der Waals surface area contributed by atoms with Gasteiger partial charge in [-0.2, -0.15) is 0 Å². The van der Waals surface area contributed by atoms with Gasteiger partial charge in [-0.15, -0.1) is 11.3 Å². The van der Waals surface area contributed by atoms with Crippen molar-refractivity contribution in [2.75, 3.05) is 11.9 Å². The van der Waals surface area contributed by atoms with Crippen LogP contribution in [0.4, 0.5) is 5.69 Å². The third-order valence-electron chi connectivity index (χ3n) is 2.51. The zero-order valence-electron chi connectivity index (χ0n) is 10.8. The van der Waals surface area contributed by atoms with Crippen molar-refractivity contribution in [1.29, 1.82) is 0 Å². The Hall–Kier alpha value is -1.51. The standard InChI is InChI=1S/C15H11Cl2NO2S/c16-12-5-4-11(9-13(12)17)18-15(20)14-10(6-8-21-14)3-1-2-7-19/h4-6,8-9,19H,2,7H2,(H,18,20). The van der Waals surface area contributed by atoms with Gasteiger partial charge >= 0.3 is 0 Å². The van der Waals surface area contributed by atoms with Crippen molar-refractivity contribution in [3.05, 3.63) is 50.1 Å². The lowest BCUT2D eigenvalue weighted by molar-refractivity contribution is 0.103. The molecule has 1 heterocycles. The molecule has 3 nitrogen and oxygen atoms in total. The van der Waals surface area contributed by atoms with Crippen LogP contribution in [0, 0.1) is 11.8 Å². The van der Waals surface area contributed by atoms with Crippen LogP contribution in [0.1, 0.15) is 21.7 Å². The Labute approximate surface area is 136 Å². The molecule has 0 aliphatic heterocycles. The van der Waals surface area contributed by atoms with Crippen molar-refractivity contribution in [1.82, 2.24) is 0 Å². The number of nitrogens with one attached hydrogen (secondary N) is 1. The van der Waals surface area contributed by atoms with Crippen LogP contribution in [0.5, 0.6) is 0 Å². The summed E-state index contributed by atoms with van der Waals surface area (Å²) in [6.45, 7) is 0.00193. The highest BCUT2D eigenvalue weighted by Crippen LogP contribution is 2.26. The van der Waals surface area contributed by atoms with Crippen molar-refractivity contribution in [2.45, 2.75) is 6.42 Å². The van der Waals surface area contributed by atoms with E-state index in [4.69, 9.17) is 28.3 Å². The smallest absolute Gasteiger partial charge is 0.267 e. The first-order chi connectivity index (χ1) is 10.1. The summed E-state index contributed by atoms with van der Waals surface area (Å²) in [5.74, 6) is 5.42. The Bertz CT molecular complexity index is 716. The van der Waals surface area contributed by atoms with Crippen LogP contribution in [0.2, 0.25) is 10.0 Å². The summed E-state index contributed by atoms with van der Waals surface area (Å²) in [7, 11) is 0. The lowest BCUT2D eigenvalue weighted by Crippen LogP contribution is -2.11. The molecule has 0 fully saturated rings. The van der Waals surface area contributed by atoms with Gasteiger partial charge in [0, 0.05) is 17.7 Å². The minimum Gasteiger partial charge on any atom is -0.395 e. The number of halogens is 2. The molecule has 1 amide bonds. The lowest BCUT2D eigenvalue weighted by atomic mass is 10.2. The molecule has 2 aromatic rings. The number of anilines is 1. The maximum Gasteiger partial charge on any atom is 0.267 e. The monoisotopic (exact) mass is 339 g/mol. The summed E-state index contributed by atoms with van der Waals surface area (Å²) in [6, 6.07) is 6.66. The first-order valence-electron chi connectivity index (χ1n) is 6.05. The minimum absolute atomic E-state index is 0.00193. The van der Waals surface area contributed by atoms with Crippen LogP contribution in [0.15, 0.2) is 29.6 Å². The van der Waals surface area contributed by atoms with E-state index in [1.165, 1.54) is 11.3 Å². The summed E-state index contributed by atoms with van der Waals surface area (Å²) in [6.07, 6.45) is 0.379. The first kappa shape index (κ1) is 15.9. The minimum atomic E-state index is -0.253. The molecule has 2 rings (SSSR count). The molecule has 6 heteroatoms. The van der Waals surface area contributed by atoms with E-state index < -0.39 is 0 Å². The van der Waals surface area contributed by atoms with Crippen molar-refractivity contribution >= 4 is 46.1 Å². The quantitative estimate of drug-likeness (QED) is 0.829. The maximum absolute atomic E-state index is 12.2. The van der Waals surface area contributed by atoms with Gasteiger partial charge in [-0.25, -0.2) is 0 Å².